The highest BCUT2D eigenvalue weighted by molar-refractivity contribution is 6.36. The lowest BCUT2D eigenvalue weighted by Gasteiger charge is -2.30. The molecule has 0 spiro atoms. The normalized spacial score (nSPS) is 15.4. The van der Waals surface area contributed by atoms with E-state index in [0.717, 1.165) is 25.9 Å². The van der Waals surface area contributed by atoms with E-state index in [4.69, 9.17) is 23.2 Å². The molecule has 24 heavy (non-hydrogen) atoms. The minimum Gasteiger partial charge on any atom is -0.339 e. The average Bonchev–Trinajstić information content (AvgIpc) is 2.58. The zero-order chi connectivity index (χ0) is 17.1. The Hall–Kier alpha value is -1.85. The van der Waals surface area contributed by atoms with Gasteiger partial charge in [-0.15, -0.1) is 0 Å². The van der Waals surface area contributed by atoms with Crippen LogP contribution in [0.2, 0.25) is 10.0 Å². The van der Waals surface area contributed by atoms with Gasteiger partial charge in [-0.25, -0.2) is 9.97 Å². The van der Waals surface area contributed by atoms with Crippen LogP contribution >= 0.6 is 23.2 Å². The zero-order valence-electron chi connectivity index (χ0n) is 13.3. The summed E-state index contributed by atoms with van der Waals surface area (Å²) in [4.78, 5) is 22.7. The van der Waals surface area contributed by atoms with Crippen LogP contribution in [-0.4, -0.2) is 33.9 Å². The van der Waals surface area contributed by atoms with Crippen molar-refractivity contribution in [3.8, 4) is 0 Å². The van der Waals surface area contributed by atoms with E-state index in [-0.39, 0.29) is 5.91 Å². The van der Waals surface area contributed by atoms with Gasteiger partial charge in [0.25, 0.3) is 5.91 Å². The molecule has 0 atom stereocenters. The van der Waals surface area contributed by atoms with Crippen molar-refractivity contribution in [1.29, 1.82) is 0 Å². The highest BCUT2D eigenvalue weighted by Crippen LogP contribution is 2.27. The lowest BCUT2D eigenvalue weighted by atomic mass is 9.99. The summed E-state index contributed by atoms with van der Waals surface area (Å²) in [6, 6.07) is 5.12. The number of likely N-dealkylation sites (tertiary alicyclic amines) is 1. The van der Waals surface area contributed by atoms with Gasteiger partial charge in [0.2, 0.25) is 5.95 Å². The second-order valence-corrected chi connectivity index (χ2v) is 6.86. The molecule has 1 amide bonds. The van der Waals surface area contributed by atoms with Gasteiger partial charge in [-0.2, -0.15) is 0 Å². The molecule has 0 aliphatic carbocycles. The molecule has 0 radical (unpaired) electrons. The fourth-order valence-corrected chi connectivity index (χ4v) is 3.06. The van der Waals surface area contributed by atoms with Crippen LogP contribution in [0.15, 0.2) is 30.6 Å². The summed E-state index contributed by atoms with van der Waals surface area (Å²) in [5, 5.41) is 4.05. The Labute approximate surface area is 151 Å². The van der Waals surface area contributed by atoms with Gasteiger partial charge < -0.3 is 10.2 Å². The first-order valence-corrected chi connectivity index (χ1v) is 8.62. The maximum Gasteiger partial charge on any atom is 0.256 e. The third-order valence-electron chi connectivity index (χ3n) is 4.15. The van der Waals surface area contributed by atoms with Crippen LogP contribution in [0.4, 0.5) is 11.6 Å². The second kappa shape index (κ2) is 7.36. The molecule has 0 bridgehead atoms. The Bertz CT molecular complexity index is 728. The number of hydrogen-bond acceptors (Lipinski definition) is 4. The van der Waals surface area contributed by atoms with Crippen LogP contribution in [0.25, 0.3) is 0 Å². The molecule has 5 nitrogen and oxygen atoms in total. The molecule has 1 aromatic carbocycles. The van der Waals surface area contributed by atoms with E-state index < -0.39 is 0 Å². The van der Waals surface area contributed by atoms with Gasteiger partial charge in [0.1, 0.15) is 0 Å². The number of anilines is 2. The average molecular weight is 365 g/mol. The molecule has 0 unspecified atom stereocenters. The number of nitrogens with one attached hydrogen (secondary N) is 1. The highest BCUT2D eigenvalue weighted by Gasteiger charge is 2.21. The van der Waals surface area contributed by atoms with E-state index in [1.807, 2.05) is 4.90 Å². The SMILES string of the molecule is CC1CCN(C(=O)c2cnc(Nc3ccc(Cl)cc3Cl)nc2)CC1. The predicted molar refractivity (Wildman–Crippen MR) is 96.1 cm³/mol. The van der Waals surface area contributed by atoms with Gasteiger partial charge in [0, 0.05) is 30.5 Å². The number of carbonyl (C=O) groups is 1. The number of benzene rings is 1. The van der Waals surface area contributed by atoms with Crippen LogP contribution in [0.5, 0.6) is 0 Å². The van der Waals surface area contributed by atoms with E-state index in [2.05, 4.69) is 22.2 Å². The largest absolute Gasteiger partial charge is 0.339 e. The first kappa shape index (κ1) is 17.0. The topological polar surface area (TPSA) is 58.1 Å². The molecule has 1 saturated heterocycles. The first-order valence-electron chi connectivity index (χ1n) is 7.86. The number of aromatic nitrogens is 2. The summed E-state index contributed by atoms with van der Waals surface area (Å²) in [6.07, 6.45) is 5.17. The van der Waals surface area contributed by atoms with Crippen molar-refractivity contribution in [3.63, 3.8) is 0 Å². The molecule has 3 rings (SSSR count). The fraction of sp³-hybridized carbons (Fsp3) is 0.353. The van der Waals surface area contributed by atoms with Gasteiger partial charge >= 0.3 is 0 Å². The third-order valence-corrected chi connectivity index (χ3v) is 4.70. The fourth-order valence-electron chi connectivity index (χ4n) is 2.61. The van der Waals surface area contributed by atoms with Gasteiger partial charge in [0.05, 0.1) is 16.3 Å². The zero-order valence-corrected chi connectivity index (χ0v) is 14.8. The van der Waals surface area contributed by atoms with Crippen LogP contribution in [-0.2, 0) is 0 Å². The predicted octanol–water partition coefficient (Wildman–Crippen LogP) is 4.40. The van der Waals surface area contributed by atoms with Gasteiger partial charge in [-0.3, -0.25) is 4.79 Å². The number of amides is 1. The van der Waals surface area contributed by atoms with Gasteiger partial charge in [0.15, 0.2) is 0 Å². The molecular formula is C17H18Cl2N4O. The standard InChI is InChI=1S/C17H18Cl2N4O/c1-11-4-6-23(7-5-11)16(24)12-9-20-17(21-10-12)22-15-3-2-13(18)8-14(15)19/h2-3,8-11H,4-7H2,1H3,(H,20,21,22). The number of rotatable bonds is 3. The van der Waals surface area contributed by atoms with Crippen molar-refractivity contribution < 1.29 is 4.79 Å². The maximum atomic E-state index is 12.5. The molecule has 2 heterocycles. The molecule has 1 aliphatic heterocycles. The number of carbonyl (C=O) groups excluding carboxylic acids is 1. The van der Waals surface area contributed by atoms with Crippen molar-refractivity contribution in [2.45, 2.75) is 19.8 Å². The van der Waals surface area contributed by atoms with Crippen molar-refractivity contribution in [3.05, 3.63) is 46.2 Å². The molecule has 1 N–H and O–H groups in total. The van der Waals surface area contributed by atoms with Crippen molar-refractivity contribution in [2.75, 3.05) is 18.4 Å². The Morgan fingerprint density at radius 2 is 1.88 bits per heavy atom. The van der Waals surface area contributed by atoms with Crippen molar-refractivity contribution in [1.82, 2.24) is 14.9 Å². The number of halogens is 2. The number of hydrogen-bond donors (Lipinski definition) is 1. The summed E-state index contributed by atoms with van der Waals surface area (Å²) in [7, 11) is 0. The summed E-state index contributed by atoms with van der Waals surface area (Å²) in [5.41, 5.74) is 1.16. The van der Waals surface area contributed by atoms with E-state index in [1.54, 1.807) is 30.6 Å². The summed E-state index contributed by atoms with van der Waals surface area (Å²) in [5.74, 6) is 1.04. The highest BCUT2D eigenvalue weighted by atomic mass is 35.5. The van der Waals surface area contributed by atoms with E-state index in [1.165, 1.54) is 0 Å². The van der Waals surface area contributed by atoms with Crippen LogP contribution in [0.3, 0.4) is 0 Å². The molecule has 0 saturated carbocycles. The Kier molecular flexibility index (Phi) is 5.21. The van der Waals surface area contributed by atoms with Crippen LogP contribution in [0, 0.1) is 5.92 Å². The minimum absolute atomic E-state index is 0.0158. The molecule has 7 heteroatoms. The molecule has 1 fully saturated rings. The number of piperidine rings is 1. The lowest BCUT2D eigenvalue weighted by Crippen LogP contribution is -2.38. The van der Waals surface area contributed by atoms with Gasteiger partial charge in [-0.1, -0.05) is 30.1 Å². The molecule has 1 aromatic heterocycles. The van der Waals surface area contributed by atoms with E-state index in [9.17, 15) is 4.79 Å². The van der Waals surface area contributed by atoms with Crippen molar-refractivity contribution in [2.24, 2.45) is 5.92 Å². The van der Waals surface area contributed by atoms with Crippen LogP contribution < -0.4 is 5.32 Å². The Morgan fingerprint density at radius 1 is 1.21 bits per heavy atom. The second-order valence-electron chi connectivity index (χ2n) is 6.02. The molecular weight excluding hydrogens is 347 g/mol. The third kappa shape index (κ3) is 3.97. The minimum atomic E-state index is -0.0158. The summed E-state index contributed by atoms with van der Waals surface area (Å²) in [6.45, 7) is 3.80. The smallest absolute Gasteiger partial charge is 0.256 e. The first-order chi connectivity index (χ1) is 11.5. The molecule has 126 valence electrons. The van der Waals surface area contributed by atoms with Gasteiger partial charge in [-0.05, 0) is 37.0 Å². The molecule has 1 aliphatic rings. The Balaban J connectivity index is 1.68. The van der Waals surface area contributed by atoms with Crippen LogP contribution in [0.1, 0.15) is 30.1 Å². The number of nitrogens with zero attached hydrogens (tertiary/aromatic N) is 3. The summed E-state index contributed by atoms with van der Waals surface area (Å²) >= 11 is 12.0. The van der Waals surface area contributed by atoms with Crippen molar-refractivity contribution >= 4 is 40.7 Å². The van der Waals surface area contributed by atoms with E-state index >= 15 is 0 Å². The quantitative estimate of drug-likeness (QED) is 0.876. The molecule has 2 aromatic rings. The maximum absolute atomic E-state index is 12.5. The summed E-state index contributed by atoms with van der Waals surface area (Å²) < 4.78 is 0. The van der Waals surface area contributed by atoms with E-state index in [0.29, 0.717) is 33.2 Å². The Morgan fingerprint density at radius 3 is 2.50 bits per heavy atom. The lowest BCUT2D eigenvalue weighted by molar-refractivity contribution is 0.0696. The monoisotopic (exact) mass is 364 g/mol.